The van der Waals surface area contributed by atoms with Crippen molar-refractivity contribution in [2.24, 2.45) is 7.05 Å². The van der Waals surface area contributed by atoms with E-state index in [-0.39, 0.29) is 17.3 Å². The molecule has 0 bridgehead atoms. The Bertz CT molecular complexity index is 1310. The molecule has 4 aromatic rings. The predicted octanol–water partition coefficient (Wildman–Crippen LogP) is 3.78. The molecular formula is C23H23FN6O. The van der Waals surface area contributed by atoms with E-state index in [1.807, 2.05) is 19.2 Å². The minimum Gasteiger partial charge on any atom is -0.383 e. The Labute approximate surface area is 178 Å². The first-order chi connectivity index (χ1) is 15.0. The molecule has 5 rings (SSSR count). The van der Waals surface area contributed by atoms with Crippen LogP contribution in [0.1, 0.15) is 47.3 Å². The molecule has 158 valence electrons. The van der Waals surface area contributed by atoms with Gasteiger partial charge in [-0.1, -0.05) is 6.07 Å². The Morgan fingerprint density at radius 3 is 2.74 bits per heavy atom. The van der Waals surface area contributed by atoms with Crippen LogP contribution in [0, 0.1) is 5.82 Å². The topological polar surface area (TPSA) is 89.9 Å². The van der Waals surface area contributed by atoms with Crippen LogP contribution < -0.4 is 5.73 Å². The zero-order valence-electron chi connectivity index (χ0n) is 17.5. The normalized spacial score (nSPS) is 13.8. The molecule has 1 fully saturated rings. The van der Waals surface area contributed by atoms with Gasteiger partial charge in [-0.05, 0) is 43.4 Å². The summed E-state index contributed by atoms with van der Waals surface area (Å²) in [4.78, 5) is 23.6. The summed E-state index contributed by atoms with van der Waals surface area (Å²) in [5, 5.41) is 5.54. The molecule has 3 aromatic heterocycles. The van der Waals surface area contributed by atoms with E-state index < -0.39 is 5.82 Å². The van der Waals surface area contributed by atoms with Gasteiger partial charge in [-0.3, -0.25) is 14.5 Å². The fourth-order valence-electron chi connectivity index (χ4n) is 4.02. The Morgan fingerprint density at radius 1 is 1.26 bits per heavy atom. The standard InChI is InChI=1S/C23H23FN6O/c1-3-30(12-15-7-6-14(10-26-15)13-4-5-13)23(31)16-8-17-20(9-19(16)24)28-22(25)18-11-27-29(2)21(17)18/h6-11,13H,3-5,12H2,1-2H3,(H2,25,28). The van der Waals surface area contributed by atoms with Crippen LogP contribution in [-0.2, 0) is 13.6 Å². The first kappa shape index (κ1) is 19.4. The molecule has 0 atom stereocenters. The smallest absolute Gasteiger partial charge is 0.257 e. The van der Waals surface area contributed by atoms with Crippen molar-refractivity contribution in [3.05, 3.63) is 59.3 Å². The Hall–Kier alpha value is -3.55. The van der Waals surface area contributed by atoms with Crippen LogP contribution in [0.25, 0.3) is 21.8 Å². The quantitative estimate of drug-likeness (QED) is 0.533. The number of carbonyl (C=O) groups excluding carboxylic acids is 1. The predicted molar refractivity (Wildman–Crippen MR) is 117 cm³/mol. The van der Waals surface area contributed by atoms with E-state index in [4.69, 9.17) is 5.73 Å². The molecule has 0 aliphatic heterocycles. The van der Waals surface area contributed by atoms with Gasteiger partial charge in [0.05, 0.1) is 40.4 Å². The molecule has 1 aliphatic carbocycles. The molecule has 0 saturated heterocycles. The van der Waals surface area contributed by atoms with Crippen LogP contribution in [0.15, 0.2) is 36.7 Å². The second-order valence-electron chi connectivity index (χ2n) is 8.05. The number of nitrogen functional groups attached to an aromatic ring is 1. The first-order valence-electron chi connectivity index (χ1n) is 10.4. The van der Waals surface area contributed by atoms with Crippen LogP contribution >= 0.6 is 0 Å². The minimum absolute atomic E-state index is 0.00183. The summed E-state index contributed by atoms with van der Waals surface area (Å²) < 4.78 is 16.6. The number of nitrogens with two attached hydrogens (primary N) is 1. The highest BCUT2D eigenvalue weighted by Crippen LogP contribution is 2.39. The van der Waals surface area contributed by atoms with E-state index >= 15 is 0 Å². The first-order valence-corrected chi connectivity index (χ1v) is 10.4. The number of nitrogens with zero attached hydrogens (tertiary/aromatic N) is 5. The molecule has 0 radical (unpaired) electrons. The fourth-order valence-corrected chi connectivity index (χ4v) is 4.02. The van der Waals surface area contributed by atoms with E-state index in [9.17, 15) is 9.18 Å². The van der Waals surface area contributed by atoms with E-state index in [1.165, 1.54) is 24.5 Å². The summed E-state index contributed by atoms with van der Waals surface area (Å²) in [5.74, 6) is -0.0999. The van der Waals surface area contributed by atoms with Crippen molar-refractivity contribution in [3.8, 4) is 0 Å². The van der Waals surface area contributed by atoms with Gasteiger partial charge in [0.15, 0.2) is 0 Å². The molecule has 2 N–H and O–H groups in total. The molecular weight excluding hydrogens is 395 g/mol. The Balaban J connectivity index is 1.51. The summed E-state index contributed by atoms with van der Waals surface area (Å²) in [6.07, 6.45) is 5.94. The second-order valence-corrected chi connectivity index (χ2v) is 8.05. The number of pyridine rings is 2. The summed E-state index contributed by atoms with van der Waals surface area (Å²) in [7, 11) is 1.78. The number of anilines is 1. The number of hydrogen-bond acceptors (Lipinski definition) is 5. The van der Waals surface area contributed by atoms with Crippen molar-refractivity contribution in [2.45, 2.75) is 32.2 Å². The van der Waals surface area contributed by atoms with Crippen molar-refractivity contribution in [3.63, 3.8) is 0 Å². The lowest BCUT2D eigenvalue weighted by molar-refractivity contribution is 0.0746. The molecule has 31 heavy (non-hydrogen) atoms. The van der Waals surface area contributed by atoms with Crippen molar-refractivity contribution in [1.82, 2.24) is 24.6 Å². The highest BCUT2D eigenvalue weighted by molar-refractivity contribution is 6.10. The summed E-state index contributed by atoms with van der Waals surface area (Å²) in [6.45, 7) is 2.62. The molecule has 1 aliphatic rings. The van der Waals surface area contributed by atoms with Crippen LogP contribution in [-0.4, -0.2) is 37.1 Å². The van der Waals surface area contributed by atoms with Crippen molar-refractivity contribution >= 4 is 33.5 Å². The molecule has 1 amide bonds. The second kappa shape index (κ2) is 7.30. The maximum Gasteiger partial charge on any atom is 0.257 e. The monoisotopic (exact) mass is 418 g/mol. The van der Waals surface area contributed by atoms with Gasteiger partial charge in [0, 0.05) is 31.2 Å². The number of rotatable bonds is 5. The highest BCUT2D eigenvalue weighted by Gasteiger charge is 2.24. The lowest BCUT2D eigenvalue weighted by atomic mass is 10.1. The van der Waals surface area contributed by atoms with Crippen molar-refractivity contribution < 1.29 is 9.18 Å². The number of fused-ring (bicyclic) bond motifs is 3. The molecule has 8 heteroatoms. The van der Waals surface area contributed by atoms with Gasteiger partial charge in [0.25, 0.3) is 5.91 Å². The molecule has 7 nitrogen and oxygen atoms in total. The number of hydrogen-bond donors (Lipinski definition) is 1. The van der Waals surface area contributed by atoms with E-state index in [2.05, 4.69) is 21.1 Å². The Morgan fingerprint density at radius 2 is 2.06 bits per heavy atom. The van der Waals surface area contributed by atoms with Gasteiger partial charge in [-0.15, -0.1) is 0 Å². The number of aryl methyl sites for hydroxylation is 1. The highest BCUT2D eigenvalue weighted by atomic mass is 19.1. The molecule has 3 heterocycles. The van der Waals surface area contributed by atoms with E-state index in [1.54, 1.807) is 28.9 Å². The zero-order chi connectivity index (χ0) is 21.7. The number of halogens is 1. The minimum atomic E-state index is -0.624. The van der Waals surface area contributed by atoms with Gasteiger partial charge in [0.1, 0.15) is 11.6 Å². The summed E-state index contributed by atoms with van der Waals surface area (Å²) in [5.41, 5.74) is 9.14. The average Bonchev–Trinajstić information content (AvgIpc) is 3.54. The molecule has 0 unspecified atom stereocenters. The Kier molecular flexibility index (Phi) is 4.57. The third-order valence-electron chi connectivity index (χ3n) is 5.94. The average molecular weight is 418 g/mol. The van der Waals surface area contributed by atoms with Gasteiger partial charge < -0.3 is 10.6 Å². The number of amides is 1. The zero-order valence-corrected chi connectivity index (χ0v) is 17.5. The summed E-state index contributed by atoms with van der Waals surface area (Å²) >= 11 is 0. The lowest BCUT2D eigenvalue weighted by Gasteiger charge is -2.21. The molecule has 1 saturated carbocycles. The van der Waals surface area contributed by atoms with Crippen LogP contribution in [0.2, 0.25) is 0 Å². The number of benzene rings is 1. The summed E-state index contributed by atoms with van der Waals surface area (Å²) in [6, 6.07) is 6.84. The SMILES string of the molecule is CCN(Cc1ccc(C2CC2)cn1)C(=O)c1cc2c(cc1F)nc(N)c1cnn(C)c12. The lowest BCUT2D eigenvalue weighted by Crippen LogP contribution is -2.31. The van der Waals surface area contributed by atoms with Gasteiger partial charge >= 0.3 is 0 Å². The number of aromatic nitrogens is 4. The molecule has 0 spiro atoms. The third kappa shape index (κ3) is 3.37. The maximum atomic E-state index is 14.9. The largest absolute Gasteiger partial charge is 0.383 e. The van der Waals surface area contributed by atoms with Gasteiger partial charge in [0.2, 0.25) is 0 Å². The van der Waals surface area contributed by atoms with Crippen molar-refractivity contribution in [1.29, 1.82) is 0 Å². The molecule has 1 aromatic carbocycles. The fraction of sp³-hybridized carbons (Fsp3) is 0.304. The van der Waals surface area contributed by atoms with Gasteiger partial charge in [-0.2, -0.15) is 5.10 Å². The third-order valence-corrected chi connectivity index (χ3v) is 5.94. The maximum absolute atomic E-state index is 14.9. The van der Waals surface area contributed by atoms with Crippen molar-refractivity contribution in [2.75, 3.05) is 12.3 Å². The van der Waals surface area contributed by atoms with Crippen LogP contribution in [0.3, 0.4) is 0 Å². The van der Waals surface area contributed by atoms with Crippen LogP contribution in [0.5, 0.6) is 0 Å². The van der Waals surface area contributed by atoms with E-state index in [0.717, 1.165) is 11.2 Å². The number of carbonyl (C=O) groups is 1. The van der Waals surface area contributed by atoms with Gasteiger partial charge in [-0.25, -0.2) is 9.37 Å². The van der Waals surface area contributed by atoms with E-state index in [0.29, 0.717) is 35.3 Å². The van der Waals surface area contributed by atoms with Crippen LogP contribution in [0.4, 0.5) is 10.2 Å².